The van der Waals surface area contributed by atoms with Crippen molar-refractivity contribution in [2.24, 2.45) is 0 Å². The Morgan fingerprint density at radius 2 is 0.944 bits per heavy atom. The lowest BCUT2D eigenvalue weighted by Crippen LogP contribution is -2.30. The third-order valence-corrected chi connectivity index (χ3v) is 4.48. The first kappa shape index (κ1) is 26.4. The van der Waals surface area contributed by atoms with Gasteiger partial charge in [-0.2, -0.15) is 63.2 Å². The predicted molar refractivity (Wildman–Crippen MR) is 102 cm³/mol. The van der Waals surface area contributed by atoms with E-state index in [9.17, 15) is 63.2 Å². The zero-order chi connectivity index (χ0) is 27.4. The quantitative estimate of drug-likeness (QED) is 0.545. The molecule has 0 N–H and O–H groups in total. The van der Waals surface area contributed by atoms with E-state index in [1.807, 2.05) is 0 Å². The van der Waals surface area contributed by atoms with E-state index in [0.717, 1.165) is 0 Å². The van der Waals surface area contributed by atoms with Crippen molar-refractivity contribution in [3.63, 3.8) is 0 Å². The lowest BCUT2D eigenvalue weighted by molar-refractivity contribution is -0.150. The van der Waals surface area contributed by atoms with Gasteiger partial charge >= 0.3 is 12.4 Å². The molecular weight excluding hydrogens is 490 g/mol. The number of nitrogens with zero attached hydrogens (tertiary/aromatic N) is 8. The average Bonchev–Trinajstić information content (AvgIpc) is 2.83. The van der Waals surface area contributed by atoms with Crippen molar-refractivity contribution in [1.29, 1.82) is 36.8 Å². The molecule has 8 nitrogen and oxygen atoms in total. The Balaban J connectivity index is 3.49. The number of benzene rings is 1. The molecule has 2 rings (SSSR count). The zero-order valence-electron chi connectivity index (χ0n) is 17.0. The minimum atomic E-state index is -5.41. The second-order valence-electron chi connectivity index (χ2n) is 6.40. The van der Waals surface area contributed by atoms with E-state index < -0.39 is 73.1 Å². The fraction of sp³-hybridized carbons (Fsp3) is 0.0909. The average molecular weight is 492 g/mol. The summed E-state index contributed by atoms with van der Waals surface area (Å²) in [5.74, 6) is 0. The molecule has 0 amide bonds. The van der Waals surface area contributed by atoms with E-state index in [2.05, 4.69) is 4.98 Å². The standard InChI is InChI=1S/C22H2F6N8/c23-21(24,25)17-1-10(2-18(36-17)22(26,27)28)12(5-31)20-15(8-34)13(6-32)19(11(3-29)4-30)14(7-33)16(20)9-35/h1-2H. The molecule has 0 saturated heterocycles. The van der Waals surface area contributed by atoms with Crippen molar-refractivity contribution in [2.45, 2.75) is 12.4 Å². The fourth-order valence-electron chi connectivity index (χ4n) is 3.06. The molecule has 36 heavy (non-hydrogen) atoms. The number of aromatic nitrogens is 1. The summed E-state index contributed by atoms with van der Waals surface area (Å²) < 4.78 is 79.7. The lowest BCUT2D eigenvalue weighted by atomic mass is 9.88. The first-order valence-corrected chi connectivity index (χ1v) is 8.80. The van der Waals surface area contributed by atoms with Crippen molar-refractivity contribution in [3.8, 4) is 42.5 Å². The van der Waals surface area contributed by atoms with Gasteiger partial charge in [0.1, 0.15) is 59.4 Å². The van der Waals surface area contributed by atoms with E-state index in [0.29, 0.717) is 0 Å². The summed E-state index contributed by atoms with van der Waals surface area (Å²) in [6, 6.07) is 9.86. The zero-order valence-corrected chi connectivity index (χ0v) is 17.0. The minimum absolute atomic E-state index is 0.0597. The maximum atomic E-state index is 13.3. The molecule has 0 fully saturated rings. The Hall–Kier alpha value is -5.88. The summed E-state index contributed by atoms with van der Waals surface area (Å²) in [4.78, 5) is 2.52. The van der Waals surface area contributed by atoms with Gasteiger partial charge in [-0.15, -0.1) is 0 Å². The maximum Gasteiger partial charge on any atom is 0.433 e. The van der Waals surface area contributed by atoms with Crippen molar-refractivity contribution >= 4 is 11.1 Å². The molecule has 0 aliphatic carbocycles. The lowest BCUT2D eigenvalue weighted by Gasteiger charge is -2.13. The number of nitriles is 7. The molecule has 0 radical (unpaired) electrons. The highest BCUT2D eigenvalue weighted by Gasteiger charge is 2.39. The van der Waals surface area contributed by atoms with E-state index in [-0.39, 0.29) is 12.1 Å². The van der Waals surface area contributed by atoms with Crippen molar-refractivity contribution in [2.75, 3.05) is 0 Å². The molecule has 0 spiro atoms. The number of hydrogen-bond acceptors (Lipinski definition) is 8. The second-order valence-corrected chi connectivity index (χ2v) is 6.40. The van der Waals surface area contributed by atoms with Crippen LogP contribution in [0.15, 0.2) is 12.1 Å². The highest BCUT2D eigenvalue weighted by atomic mass is 19.4. The molecule has 0 unspecified atom stereocenters. The molecule has 0 atom stereocenters. The normalized spacial score (nSPS) is 10.3. The molecule has 1 aromatic carbocycles. The Morgan fingerprint density at radius 3 is 1.22 bits per heavy atom. The molecule has 0 aliphatic heterocycles. The van der Waals surface area contributed by atoms with Crippen LogP contribution in [0.2, 0.25) is 0 Å². The molecule has 172 valence electrons. The maximum absolute atomic E-state index is 13.3. The van der Waals surface area contributed by atoms with Crippen LogP contribution in [0.1, 0.15) is 39.2 Å². The van der Waals surface area contributed by atoms with Crippen LogP contribution >= 0.6 is 0 Å². The number of halogens is 6. The first-order valence-electron chi connectivity index (χ1n) is 8.80. The number of rotatable bonds is 1. The van der Waals surface area contributed by atoms with Crippen LogP contribution in [0.3, 0.4) is 0 Å². The number of hydrogen-bond donors (Lipinski definition) is 0. The molecule has 0 aliphatic rings. The van der Waals surface area contributed by atoms with Gasteiger partial charge in [0.05, 0.1) is 27.8 Å². The summed E-state index contributed by atoms with van der Waals surface area (Å²) in [6.45, 7) is 0. The molecular formula is C22H2F6N8. The van der Waals surface area contributed by atoms with Gasteiger partial charge in [-0.25, -0.2) is 4.98 Å². The van der Waals surface area contributed by atoms with Crippen LogP contribution in [0, 0.1) is 79.3 Å². The summed E-state index contributed by atoms with van der Waals surface area (Å²) in [5, 5.41) is 64.9. The molecule has 14 heteroatoms. The summed E-state index contributed by atoms with van der Waals surface area (Å²) in [6.07, 6.45) is -10.8. The number of alkyl halides is 6. The van der Waals surface area contributed by atoms with Gasteiger partial charge in [-0.05, 0) is 17.7 Å². The molecule has 2 aromatic rings. The van der Waals surface area contributed by atoms with Crippen LogP contribution < -0.4 is 10.4 Å². The van der Waals surface area contributed by atoms with E-state index in [1.165, 1.54) is 42.5 Å². The van der Waals surface area contributed by atoms with Crippen LogP contribution in [0.25, 0.3) is 11.1 Å². The monoisotopic (exact) mass is 492 g/mol. The van der Waals surface area contributed by atoms with E-state index in [1.54, 1.807) is 0 Å². The predicted octanol–water partition coefficient (Wildman–Crippen LogP) is 2.53. The minimum Gasteiger partial charge on any atom is -0.239 e. The van der Waals surface area contributed by atoms with Crippen LogP contribution in [0.5, 0.6) is 0 Å². The highest BCUT2D eigenvalue weighted by Crippen LogP contribution is 2.35. The SMILES string of the molecule is N#CC(C#N)=c1c(C#N)c(C#N)c(=C(C#N)c2cc(C(F)(F)F)nc(C(F)(F)F)c2)c(C#N)c1C#N. The van der Waals surface area contributed by atoms with Gasteiger partial charge in [0.2, 0.25) is 0 Å². The number of pyridine rings is 1. The first-order chi connectivity index (χ1) is 16.8. The Kier molecular flexibility index (Phi) is 6.99. The van der Waals surface area contributed by atoms with Gasteiger partial charge in [-0.1, -0.05) is 0 Å². The van der Waals surface area contributed by atoms with E-state index >= 15 is 0 Å². The van der Waals surface area contributed by atoms with Gasteiger partial charge in [0.15, 0.2) is 0 Å². The molecule has 1 heterocycles. The van der Waals surface area contributed by atoms with Gasteiger partial charge in [-0.3, -0.25) is 0 Å². The highest BCUT2D eigenvalue weighted by molar-refractivity contribution is 5.83. The van der Waals surface area contributed by atoms with Gasteiger partial charge < -0.3 is 0 Å². The molecule has 1 aromatic heterocycles. The second kappa shape index (κ2) is 9.54. The largest absolute Gasteiger partial charge is 0.433 e. The van der Waals surface area contributed by atoms with Gasteiger partial charge in [0, 0.05) is 10.4 Å². The molecule has 0 saturated carbocycles. The van der Waals surface area contributed by atoms with Gasteiger partial charge in [0.25, 0.3) is 0 Å². The molecule has 0 bridgehead atoms. The van der Waals surface area contributed by atoms with Crippen molar-refractivity contribution in [3.05, 3.63) is 61.8 Å². The Morgan fingerprint density at radius 1 is 0.583 bits per heavy atom. The fourth-order valence-corrected chi connectivity index (χ4v) is 3.06. The topological polar surface area (TPSA) is 179 Å². The van der Waals surface area contributed by atoms with Crippen LogP contribution in [-0.2, 0) is 12.4 Å². The smallest absolute Gasteiger partial charge is 0.239 e. The Labute approximate surface area is 196 Å². The summed E-state index contributed by atoms with van der Waals surface area (Å²) >= 11 is 0. The van der Waals surface area contributed by atoms with Crippen molar-refractivity contribution in [1.82, 2.24) is 4.98 Å². The van der Waals surface area contributed by atoms with Crippen molar-refractivity contribution < 1.29 is 26.3 Å². The summed E-state index contributed by atoms with van der Waals surface area (Å²) in [5.41, 5.74) is -10.8. The Bertz CT molecular complexity index is 1630. The van der Waals surface area contributed by atoms with E-state index in [4.69, 9.17) is 0 Å². The summed E-state index contributed by atoms with van der Waals surface area (Å²) in [7, 11) is 0. The van der Waals surface area contributed by atoms with Crippen LogP contribution in [-0.4, -0.2) is 4.98 Å². The van der Waals surface area contributed by atoms with Crippen LogP contribution in [0.4, 0.5) is 26.3 Å². The third-order valence-electron chi connectivity index (χ3n) is 4.48. The third kappa shape index (κ3) is 4.46.